The molecule has 0 spiro atoms. The number of carbonyl (C=O) groups is 1. The number of carbonyl (C=O) groups excluding carboxylic acids is 1. The van der Waals surface area contributed by atoms with Gasteiger partial charge >= 0.3 is 11.7 Å². The van der Waals surface area contributed by atoms with E-state index in [9.17, 15) is 14.9 Å². The molecule has 1 N–H and O–H groups in total. The lowest BCUT2D eigenvalue weighted by Gasteiger charge is -2.05. The number of anilines is 1. The van der Waals surface area contributed by atoms with Crippen molar-refractivity contribution in [3.8, 4) is 6.07 Å². The molecule has 0 aliphatic heterocycles. The van der Waals surface area contributed by atoms with E-state index in [4.69, 9.17) is 5.26 Å². The molecule has 1 heterocycles. The zero-order valence-electron chi connectivity index (χ0n) is 9.54. The molecule has 0 aromatic carbocycles. The monoisotopic (exact) mass is 250 g/mol. The zero-order chi connectivity index (χ0) is 13.5. The number of esters is 1. The Balaban J connectivity index is 2.86. The minimum atomic E-state index is -0.679. The second kappa shape index (κ2) is 6.15. The molecule has 8 nitrogen and oxygen atoms in total. The van der Waals surface area contributed by atoms with E-state index < -0.39 is 10.9 Å². The molecule has 94 valence electrons. The summed E-state index contributed by atoms with van der Waals surface area (Å²) in [6.45, 7) is 1.65. The van der Waals surface area contributed by atoms with Crippen molar-refractivity contribution in [2.45, 2.75) is 6.92 Å². The molecule has 1 rings (SSSR count). The van der Waals surface area contributed by atoms with E-state index in [1.54, 1.807) is 13.0 Å². The number of nitro groups is 1. The number of rotatable bonds is 5. The highest BCUT2D eigenvalue weighted by Crippen LogP contribution is 2.22. The Labute approximate surface area is 102 Å². The fourth-order valence-electron chi connectivity index (χ4n) is 1.16. The van der Waals surface area contributed by atoms with Gasteiger partial charge in [0.2, 0.25) is 5.82 Å². The number of nitrogens with one attached hydrogen (secondary N) is 1. The van der Waals surface area contributed by atoms with Gasteiger partial charge in [0.1, 0.15) is 12.6 Å². The van der Waals surface area contributed by atoms with Gasteiger partial charge < -0.3 is 10.1 Å². The summed E-state index contributed by atoms with van der Waals surface area (Å²) in [5, 5.41) is 21.9. The molecular weight excluding hydrogens is 240 g/mol. The van der Waals surface area contributed by atoms with Gasteiger partial charge in [0.05, 0.1) is 17.1 Å². The van der Waals surface area contributed by atoms with Gasteiger partial charge in [0.25, 0.3) is 0 Å². The van der Waals surface area contributed by atoms with Crippen LogP contribution in [-0.2, 0) is 9.53 Å². The average molecular weight is 250 g/mol. The second-order valence-electron chi connectivity index (χ2n) is 3.12. The van der Waals surface area contributed by atoms with Gasteiger partial charge in [-0.2, -0.15) is 5.26 Å². The standard InChI is InChI=1S/C10H10N4O4/c1-2-18-9(15)6-13-10-8(14(16)17)3-7(4-11)5-12-10/h3,5H,2,6H2,1H3,(H,12,13). The minimum Gasteiger partial charge on any atom is -0.465 e. The molecule has 0 radical (unpaired) electrons. The van der Waals surface area contributed by atoms with Crippen LogP contribution >= 0.6 is 0 Å². The highest BCUT2D eigenvalue weighted by molar-refractivity contribution is 5.75. The minimum absolute atomic E-state index is 0.0726. The SMILES string of the molecule is CCOC(=O)CNc1ncc(C#N)cc1[N+](=O)[O-]. The Morgan fingerprint density at radius 2 is 2.44 bits per heavy atom. The molecule has 0 saturated carbocycles. The number of hydrogen-bond donors (Lipinski definition) is 1. The smallest absolute Gasteiger partial charge is 0.325 e. The Morgan fingerprint density at radius 3 is 3.00 bits per heavy atom. The van der Waals surface area contributed by atoms with Crippen molar-refractivity contribution in [3.05, 3.63) is 27.9 Å². The lowest BCUT2D eigenvalue weighted by Crippen LogP contribution is -2.18. The summed E-state index contributed by atoms with van der Waals surface area (Å²) in [6.07, 6.45) is 1.18. The van der Waals surface area contributed by atoms with Crippen molar-refractivity contribution >= 4 is 17.5 Å². The number of nitriles is 1. The number of pyridine rings is 1. The van der Waals surface area contributed by atoms with Crippen LogP contribution in [0.3, 0.4) is 0 Å². The lowest BCUT2D eigenvalue weighted by molar-refractivity contribution is -0.384. The average Bonchev–Trinajstić information content (AvgIpc) is 2.36. The van der Waals surface area contributed by atoms with Gasteiger partial charge in [-0.25, -0.2) is 4.98 Å². The van der Waals surface area contributed by atoms with Crippen molar-refractivity contribution in [2.75, 3.05) is 18.5 Å². The van der Waals surface area contributed by atoms with Gasteiger partial charge in [0, 0.05) is 12.3 Å². The maximum absolute atomic E-state index is 11.1. The van der Waals surface area contributed by atoms with Crippen molar-refractivity contribution in [1.29, 1.82) is 5.26 Å². The summed E-state index contributed by atoms with van der Waals surface area (Å²) in [7, 11) is 0. The van der Waals surface area contributed by atoms with Crippen LogP contribution < -0.4 is 5.32 Å². The van der Waals surface area contributed by atoms with Crippen LogP contribution in [-0.4, -0.2) is 29.0 Å². The molecule has 1 aromatic heterocycles. The van der Waals surface area contributed by atoms with Gasteiger partial charge in [-0.1, -0.05) is 0 Å². The van der Waals surface area contributed by atoms with Crippen molar-refractivity contribution in [2.24, 2.45) is 0 Å². The summed E-state index contributed by atoms with van der Waals surface area (Å²) in [5.74, 6) is -0.620. The first kappa shape index (κ1) is 13.4. The van der Waals surface area contributed by atoms with Crippen LogP contribution in [0.2, 0.25) is 0 Å². The van der Waals surface area contributed by atoms with Crippen LogP contribution in [0.25, 0.3) is 0 Å². The predicted molar refractivity (Wildman–Crippen MR) is 60.7 cm³/mol. The lowest BCUT2D eigenvalue weighted by atomic mass is 10.3. The Bertz CT molecular complexity index is 509. The van der Waals surface area contributed by atoms with Crippen LogP contribution in [0.4, 0.5) is 11.5 Å². The summed E-state index contributed by atoms with van der Waals surface area (Å²) in [5.41, 5.74) is -0.290. The highest BCUT2D eigenvalue weighted by Gasteiger charge is 2.17. The highest BCUT2D eigenvalue weighted by atomic mass is 16.6. The second-order valence-corrected chi connectivity index (χ2v) is 3.12. The molecule has 0 saturated heterocycles. The first-order valence-electron chi connectivity index (χ1n) is 5.02. The zero-order valence-corrected chi connectivity index (χ0v) is 9.54. The molecule has 0 fully saturated rings. The molecule has 0 aliphatic rings. The molecule has 0 bridgehead atoms. The van der Waals surface area contributed by atoms with E-state index in [0.29, 0.717) is 0 Å². The number of nitrogens with zero attached hydrogens (tertiary/aromatic N) is 3. The summed E-state index contributed by atoms with van der Waals surface area (Å²) < 4.78 is 4.66. The van der Waals surface area contributed by atoms with E-state index in [0.717, 1.165) is 6.07 Å². The Kier molecular flexibility index (Phi) is 4.57. The van der Waals surface area contributed by atoms with Crippen LogP contribution in [0.15, 0.2) is 12.3 Å². The Hall–Kier alpha value is -2.69. The molecule has 0 atom stereocenters. The fourth-order valence-corrected chi connectivity index (χ4v) is 1.16. The molecular formula is C10H10N4O4. The van der Waals surface area contributed by atoms with E-state index in [2.05, 4.69) is 15.0 Å². The summed E-state index contributed by atoms with van der Waals surface area (Å²) in [4.78, 5) is 24.9. The topological polar surface area (TPSA) is 118 Å². The number of hydrogen-bond acceptors (Lipinski definition) is 7. The number of aromatic nitrogens is 1. The first-order chi connectivity index (χ1) is 8.58. The third-order valence-corrected chi connectivity index (χ3v) is 1.90. The van der Waals surface area contributed by atoms with E-state index in [1.807, 2.05) is 0 Å². The van der Waals surface area contributed by atoms with Gasteiger partial charge in [0.15, 0.2) is 0 Å². The normalized spacial score (nSPS) is 9.33. The summed E-state index contributed by atoms with van der Waals surface area (Å²) in [6, 6.07) is 2.83. The fraction of sp³-hybridized carbons (Fsp3) is 0.300. The molecule has 1 aromatic rings. The predicted octanol–water partition coefficient (Wildman–Crippen LogP) is 0.836. The van der Waals surface area contributed by atoms with Crippen molar-refractivity contribution in [3.63, 3.8) is 0 Å². The van der Waals surface area contributed by atoms with Gasteiger partial charge in [-0.05, 0) is 6.92 Å². The molecule has 8 heteroatoms. The third-order valence-electron chi connectivity index (χ3n) is 1.90. The van der Waals surface area contributed by atoms with Crippen molar-refractivity contribution < 1.29 is 14.5 Å². The molecule has 0 aliphatic carbocycles. The Morgan fingerprint density at radius 1 is 1.72 bits per heavy atom. The maximum Gasteiger partial charge on any atom is 0.325 e. The van der Waals surface area contributed by atoms with Crippen molar-refractivity contribution in [1.82, 2.24) is 4.98 Å². The third kappa shape index (κ3) is 3.41. The van der Waals surface area contributed by atoms with E-state index >= 15 is 0 Å². The first-order valence-corrected chi connectivity index (χ1v) is 5.02. The quantitative estimate of drug-likeness (QED) is 0.467. The maximum atomic E-state index is 11.1. The molecule has 0 amide bonds. The van der Waals surface area contributed by atoms with E-state index in [1.165, 1.54) is 6.20 Å². The number of ether oxygens (including phenoxy) is 1. The van der Waals surface area contributed by atoms with Crippen LogP contribution in [0.1, 0.15) is 12.5 Å². The molecule has 18 heavy (non-hydrogen) atoms. The van der Waals surface area contributed by atoms with Crippen LogP contribution in [0.5, 0.6) is 0 Å². The van der Waals surface area contributed by atoms with E-state index in [-0.39, 0.29) is 30.2 Å². The van der Waals surface area contributed by atoms with Gasteiger partial charge in [-0.3, -0.25) is 14.9 Å². The summed E-state index contributed by atoms with van der Waals surface area (Å²) >= 11 is 0. The largest absolute Gasteiger partial charge is 0.465 e. The van der Waals surface area contributed by atoms with Crippen LogP contribution in [0, 0.1) is 21.4 Å². The molecule has 0 unspecified atom stereocenters. The van der Waals surface area contributed by atoms with Gasteiger partial charge in [-0.15, -0.1) is 0 Å².